The third-order valence-corrected chi connectivity index (χ3v) is 7.93. The molecule has 2 unspecified atom stereocenters. The molecule has 6 nitrogen and oxygen atoms in total. The van der Waals surface area contributed by atoms with E-state index in [9.17, 15) is 5.26 Å². The number of benzene rings is 2. The van der Waals surface area contributed by atoms with E-state index in [1.54, 1.807) is 11.8 Å². The fourth-order valence-electron chi connectivity index (χ4n) is 6.29. The number of pyridine rings is 1. The van der Waals surface area contributed by atoms with Crippen LogP contribution in [0.2, 0.25) is 0 Å². The van der Waals surface area contributed by atoms with Crippen LogP contribution in [0.15, 0.2) is 48.7 Å². The number of nitrogens with zero attached hydrogens (tertiary/aromatic N) is 5. The van der Waals surface area contributed by atoms with Crippen molar-refractivity contribution in [3.05, 3.63) is 70.9 Å². The van der Waals surface area contributed by atoms with Crippen LogP contribution in [0.1, 0.15) is 29.2 Å². The van der Waals surface area contributed by atoms with Gasteiger partial charge in [0.05, 0.1) is 11.1 Å². The third kappa shape index (κ3) is 3.84. The van der Waals surface area contributed by atoms with Crippen LogP contribution in [0.3, 0.4) is 0 Å². The van der Waals surface area contributed by atoms with Crippen LogP contribution in [0.5, 0.6) is 0 Å². The number of rotatable bonds is 3. The van der Waals surface area contributed by atoms with E-state index >= 15 is 0 Å². The molecule has 6 rings (SSSR count). The molecule has 2 atom stereocenters. The fourth-order valence-corrected chi connectivity index (χ4v) is 6.29. The highest BCUT2D eigenvalue weighted by Gasteiger charge is 2.36. The first-order valence-electron chi connectivity index (χ1n) is 12.5. The quantitative estimate of drug-likeness (QED) is 0.659. The molecule has 1 N–H and O–H groups in total. The molecule has 0 spiro atoms. The molecule has 4 heterocycles. The summed E-state index contributed by atoms with van der Waals surface area (Å²) in [7, 11) is 0. The summed E-state index contributed by atoms with van der Waals surface area (Å²) in [5.41, 5.74) is 7.22. The molecule has 0 aliphatic carbocycles. The Balaban J connectivity index is 1.23. The van der Waals surface area contributed by atoms with Crippen LogP contribution in [-0.4, -0.2) is 66.1 Å². The lowest BCUT2D eigenvalue weighted by molar-refractivity contribution is 0.0316. The van der Waals surface area contributed by atoms with Crippen molar-refractivity contribution >= 4 is 16.6 Å². The van der Waals surface area contributed by atoms with Gasteiger partial charge in [0.2, 0.25) is 0 Å². The molecular weight excluding hydrogens is 420 g/mol. The first-order chi connectivity index (χ1) is 16.7. The summed E-state index contributed by atoms with van der Waals surface area (Å²) in [5, 5.41) is 14.1. The SMILES string of the molecule is CC1CN(c2ccc(C#N)c3ncccc23)CC2CN(Cc3cccc4c3CCNC4)CCN12. The van der Waals surface area contributed by atoms with Gasteiger partial charge < -0.3 is 10.2 Å². The summed E-state index contributed by atoms with van der Waals surface area (Å²) in [4.78, 5) is 12.4. The zero-order valence-electron chi connectivity index (χ0n) is 19.9. The van der Waals surface area contributed by atoms with Gasteiger partial charge in [0.25, 0.3) is 0 Å². The van der Waals surface area contributed by atoms with Crippen LogP contribution in [0.4, 0.5) is 5.69 Å². The maximum Gasteiger partial charge on any atom is 0.101 e. The number of fused-ring (bicyclic) bond motifs is 3. The second kappa shape index (κ2) is 8.99. The van der Waals surface area contributed by atoms with Gasteiger partial charge >= 0.3 is 0 Å². The van der Waals surface area contributed by atoms with E-state index in [0.717, 1.165) is 69.7 Å². The van der Waals surface area contributed by atoms with Crippen molar-refractivity contribution in [3.63, 3.8) is 0 Å². The second-order valence-electron chi connectivity index (χ2n) is 10.0. The molecule has 3 aliphatic heterocycles. The van der Waals surface area contributed by atoms with Gasteiger partial charge in [-0.05, 0) is 60.8 Å². The summed E-state index contributed by atoms with van der Waals surface area (Å²) in [6.45, 7) is 10.9. The van der Waals surface area contributed by atoms with Gasteiger partial charge in [0, 0.05) is 75.2 Å². The maximum absolute atomic E-state index is 9.54. The highest BCUT2D eigenvalue weighted by Crippen LogP contribution is 2.32. The fraction of sp³-hybridized carbons (Fsp3) is 0.429. The third-order valence-electron chi connectivity index (χ3n) is 7.93. The van der Waals surface area contributed by atoms with Crippen molar-refractivity contribution < 1.29 is 0 Å². The summed E-state index contributed by atoms with van der Waals surface area (Å²) in [5.74, 6) is 0. The monoisotopic (exact) mass is 452 g/mol. The van der Waals surface area contributed by atoms with Crippen molar-refractivity contribution in [1.82, 2.24) is 20.1 Å². The molecule has 2 saturated heterocycles. The van der Waals surface area contributed by atoms with E-state index in [1.807, 2.05) is 12.1 Å². The molecule has 3 aromatic rings. The van der Waals surface area contributed by atoms with Crippen LogP contribution in [-0.2, 0) is 19.5 Å². The van der Waals surface area contributed by atoms with Gasteiger partial charge in [-0.2, -0.15) is 5.26 Å². The predicted molar refractivity (Wildman–Crippen MR) is 136 cm³/mol. The molecule has 174 valence electrons. The number of anilines is 1. The molecule has 6 heteroatoms. The van der Waals surface area contributed by atoms with Crippen LogP contribution in [0.25, 0.3) is 10.9 Å². The second-order valence-corrected chi connectivity index (χ2v) is 10.0. The lowest BCUT2D eigenvalue weighted by Crippen LogP contribution is -2.65. The Bertz CT molecular complexity index is 1250. The number of hydrogen-bond donors (Lipinski definition) is 1. The average molecular weight is 453 g/mol. The van der Waals surface area contributed by atoms with Gasteiger partial charge in [0.1, 0.15) is 6.07 Å². The molecule has 0 saturated carbocycles. The van der Waals surface area contributed by atoms with Crippen molar-refractivity contribution in [2.45, 2.75) is 38.5 Å². The zero-order valence-corrected chi connectivity index (χ0v) is 19.9. The molecule has 3 aliphatic rings. The Morgan fingerprint density at radius 2 is 2.03 bits per heavy atom. The number of hydrogen-bond acceptors (Lipinski definition) is 6. The first kappa shape index (κ1) is 21.5. The van der Waals surface area contributed by atoms with Gasteiger partial charge in [-0.15, -0.1) is 0 Å². The lowest BCUT2D eigenvalue weighted by Gasteiger charge is -2.51. The minimum Gasteiger partial charge on any atom is -0.368 e. The van der Waals surface area contributed by atoms with Crippen molar-refractivity contribution in [3.8, 4) is 6.07 Å². The van der Waals surface area contributed by atoms with Crippen molar-refractivity contribution in [1.29, 1.82) is 5.26 Å². The van der Waals surface area contributed by atoms with E-state index in [4.69, 9.17) is 0 Å². The Hall–Kier alpha value is -2.98. The number of nitrogens with one attached hydrogen (secondary N) is 1. The van der Waals surface area contributed by atoms with Gasteiger partial charge in [-0.25, -0.2) is 0 Å². The van der Waals surface area contributed by atoms with E-state index in [1.165, 1.54) is 16.8 Å². The van der Waals surface area contributed by atoms with Gasteiger partial charge in [-0.1, -0.05) is 18.2 Å². The highest BCUT2D eigenvalue weighted by molar-refractivity contribution is 5.95. The summed E-state index contributed by atoms with van der Waals surface area (Å²) < 4.78 is 0. The minimum atomic E-state index is 0.499. The molecule has 1 aromatic heterocycles. The smallest absolute Gasteiger partial charge is 0.101 e. The topological polar surface area (TPSA) is 58.4 Å². The predicted octanol–water partition coefficient (Wildman–Crippen LogP) is 3.15. The highest BCUT2D eigenvalue weighted by atomic mass is 15.4. The molecule has 2 fully saturated rings. The van der Waals surface area contributed by atoms with E-state index in [0.29, 0.717) is 17.6 Å². The van der Waals surface area contributed by atoms with Gasteiger partial charge in [0.15, 0.2) is 0 Å². The van der Waals surface area contributed by atoms with Crippen LogP contribution < -0.4 is 10.2 Å². The first-order valence-corrected chi connectivity index (χ1v) is 12.5. The van der Waals surface area contributed by atoms with E-state index < -0.39 is 0 Å². The molecule has 0 amide bonds. The van der Waals surface area contributed by atoms with E-state index in [2.05, 4.69) is 68.3 Å². The lowest BCUT2D eigenvalue weighted by atomic mass is 9.94. The normalized spacial score (nSPS) is 23.4. The standard InChI is InChI=1S/C28H32N6/c1-20-16-33(27-8-7-21(14-29)28-26(27)6-3-10-31-28)19-24-18-32(12-13-34(20)24)17-23-5-2-4-22-15-30-11-9-25(22)23/h2-8,10,20,24,30H,9,11-13,15-19H2,1H3. The minimum absolute atomic E-state index is 0.499. The number of piperazine rings is 2. The summed E-state index contributed by atoms with van der Waals surface area (Å²) in [6.07, 6.45) is 2.92. The van der Waals surface area contributed by atoms with Crippen molar-refractivity contribution in [2.24, 2.45) is 0 Å². The van der Waals surface area contributed by atoms with Gasteiger partial charge in [-0.3, -0.25) is 14.8 Å². The van der Waals surface area contributed by atoms with Crippen LogP contribution >= 0.6 is 0 Å². The van der Waals surface area contributed by atoms with Crippen LogP contribution in [0, 0.1) is 11.3 Å². The number of aromatic nitrogens is 1. The molecule has 34 heavy (non-hydrogen) atoms. The molecule has 0 radical (unpaired) electrons. The van der Waals surface area contributed by atoms with E-state index in [-0.39, 0.29) is 0 Å². The summed E-state index contributed by atoms with van der Waals surface area (Å²) in [6, 6.07) is 18.3. The molecule has 0 bridgehead atoms. The maximum atomic E-state index is 9.54. The Labute approximate surface area is 201 Å². The Kier molecular flexibility index (Phi) is 5.70. The average Bonchev–Trinajstić information content (AvgIpc) is 2.88. The molecular formula is C28H32N6. The Morgan fingerprint density at radius 3 is 2.94 bits per heavy atom. The number of nitriles is 1. The van der Waals surface area contributed by atoms with Crippen molar-refractivity contribution in [2.75, 3.05) is 44.2 Å². The molecule has 2 aromatic carbocycles. The summed E-state index contributed by atoms with van der Waals surface area (Å²) >= 11 is 0. The zero-order chi connectivity index (χ0) is 23.1. The largest absolute Gasteiger partial charge is 0.368 e. The Morgan fingerprint density at radius 1 is 1.09 bits per heavy atom.